The van der Waals surface area contributed by atoms with E-state index in [9.17, 15) is 10.4 Å². The average molecular weight is 288 g/mol. The molecule has 3 rings (SSSR count). The number of hydrogen-bond donors (Lipinski definition) is 2. The number of nitriles is 1. The number of fused-ring (bicyclic) bond motifs is 1. The van der Waals surface area contributed by atoms with Crippen molar-refractivity contribution in [2.75, 3.05) is 5.32 Å². The highest BCUT2D eigenvalue weighted by Gasteiger charge is 2.16. The van der Waals surface area contributed by atoms with Crippen molar-refractivity contribution in [3.8, 4) is 11.8 Å². The normalized spacial score (nSPS) is 11.8. The second kappa shape index (κ2) is 5.79. The molecule has 3 heteroatoms. The van der Waals surface area contributed by atoms with Crippen molar-refractivity contribution in [3.05, 3.63) is 71.8 Å². The molecule has 22 heavy (non-hydrogen) atoms. The van der Waals surface area contributed by atoms with Gasteiger partial charge in [0.05, 0.1) is 11.8 Å². The smallest absolute Gasteiger partial charge is 0.140 e. The Morgan fingerprint density at radius 3 is 2.50 bits per heavy atom. The van der Waals surface area contributed by atoms with Crippen LogP contribution in [0, 0.1) is 18.3 Å². The van der Waals surface area contributed by atoms with Gasteiger partial charge in [0.1, 0.15) is 11.8 Å². The topological polar surface area (TPSA) is 56.0 Å². The van der Waals surface area contributed by atoms with Crippen LogP contribution in [0.2, 0.25) is 0 Å². The molecule has 3 aromatic rings. The van der Waals surface area contributed by atoms with Crippen LogP contribution >= 0.6 is 0 Å². The Morgan fingerprint density at radius 1 is 1.00 bits per heavy atom. The minimum atomic E-state index is -0.530. The van der Waals surface area contributed by atoms with Gasteiger partial charge in [-0.15, -0.1) is 0 Å². The Kier molecular flexibility index (Phi) is 3.67. The molecule has 3 nitrogen and oxygen atoms in total. The predicted molar refractivity (Wildman–Crippen MR) is 88.8 cm³/mol. The maximum atomic E-state index is 10.0. The molecule has 108 valence electrons. The molecule has 0 bridgehead atoms. The molecule has 0 unspecified atom stereocenters. The molecule has 0 saturated carbocycles. The predicted octanol–water partition coefficient (Wildman–Crippen LogP) is 4.53. The molecule has 2 N–H and O–H groups in total. The number of phenolic OH excluding ortho intramolecular Hbond substituents is 1. The van der Waals surface area contributed by atoms with E-state index < -0.39 is 6.04 Å². The first-order valence-electron chi connectivity index (χ1n) is 7.13. The van der Waals surface area contributed by atoms with E-state index >= 15 is 0 Å². The van der Waals surface area contributed by atoms with Gasteiger partial charge in [0.15, 0.2) is 0 Å². The lowest BCUT2D eigenvalue weighted by Gasteiger charge is -2.18. The number of benzene rings is 3. The number of para-hydroxylation sites is 1. The highest BCUT2D eigenvalue weighted by Crippen LogP contribution is 2.32. The van der Waals surface area contributed by atoms with Crippen molar-refractivity contribution in [1.29, 1.82) is 5.26 Å². The summed E-state index contributed by atoms with van der Waals surface area (Å²) in [5.41, 5.74) is 2.41. The molecule has 0 aromatic heterocycles. The van der Waals surface area contributed by atoms with Crippen LogP contribution in [0.5, 0.6) is 5.75 Å². The first kappa shape index (κ1) is 14.0. The van der Waals surface area contributed by atoms with Gasteiger partial charge in [0.25, 0.3) is 0 Å². The number of hydrogen-bond acceptors (Lipinski definition) is 3. The van der Waals surface area contributed by atoms with Crippen LogP contribution in [0.15, 0.2) is 60.7 Å². The summed E-state index contributed by atoms with van der Waals surface area (Å²) in [5, 5.41) is 24.9. The van der Waals surface area contributed by atoms with Crippen LogP contribution in [-0.2, 0) is 0 Å². The second-order valence-electron chi connectivity index (χ2n) is 5.24. The van der Waals surface area contributed by atoms with E-state index in [4.69, 9.17) is 0 Å². The van der Waals surface area contributed by atoms with Gasteiger partial charge in [-0.1, -0.05) is 54.6 Å². The molecule has 0 radical (unpaired) electrons. The first-order valence-corrected chi connectivity index (χ1v) is 7.13. The largest absolute Gasteiger partial charge is 0.506 e. The standard InChI is InChI=1S/C19H16N2O/c1-13-6-4-11-18(22)19(13)21-17(12-20)16-10-5-8-14-7-2-3-9-15(14)16/h2-11,17,21-22H,1H3/t17-/m0/s1. The van der Waals surface area contributed by atoms with Gasteiger partial charge >= 0.3 is 0 Å². The monoisotopic (exact) mass is 288 g/mol. The summed E-state index contributed by atoms with van der Waals surface area (Å²) in [7, 11) is 0. The summed E-state index contributed by atoms with van der Waals surface area (Å²) >= 11 is 0. The Balaban J connectivity index is 2.06. The third-order valence-electron chi connectivity index (χ3n) is 3.80. The Labute approximate surface area is 129 Å². The zero-order valence-corrected chi connectivity index (χ0v) is 12.2. The van der Waals surface area contributed by atoms with E-state index in [0.717, 1.165) is 21.9 Å². The lowest BCUT2D eigenvalue weighted by atomic mass is 9.99. The molecular weight excluding hydrogens is 272 g/mol. The molecule has 0 heterocycles. The van der Waals surface area contributed by atoms with Crippen molar-refractivity contribution in [1.82, 2.24) is 0 Å². The Hall–Kier alpha value is -2.99. The fourth-order valence-corrected chi connectivity index (χ4v) is 2.67. The number of nitrogens with zero attached hydrogens (tertiary/aromatic N) is 1. The summed E-state index contributed by atoms with van der Waals surface area (Å²) in [6.45, 7) is 1.90. The minimum Gasteiger partial charge on any atom is -0.506 e. The van der Waals surface area contributed by atoms with Crippen molar-refractivity contribution in [2.24, 2.45) is 0 Å². The number of rotatable bonds is 3. The van der Waals surface area contributed by atoms with Gasteiger partial charge in [0.2, 0.25) is 0 Å². The molecule has 1 atom stereocenters. The van der Waals surface area contributed by atoms with Crippen LogP contribution in [0.3, 0.4) is 0 Å². The lowest BCUT2D eigenvalue weighted by molar-refractivity contribution is 0.476. The zero-order chi connectivity index (χ0) is 15.5. The van der Waals surface area contributed by atoms with Gasteiger partial charge in [-0.05, 0) is 34.9 Å². The third-order valence-corrected chi connectivity index (χ3v) is 3.80. The quantitative estimate of drug-likeness (QED) is 0.696. The first-order chi connectivity index (χ1) is 10.7. The summed E-state index contributed by atoms with van der Waals surface area (Å²) in [6, 6.07) is 21.0. The maximum absolute atomic E-state index is 10.0. The fraction of sp³-hybridized carbons (Fsp3) is 0.105. The summed E-state index contributed by atoms with van der Waals surface area (Å²) < 4.78 is 0. The molecule has 0 spiro atoms. The van der Waals surface area contributed by atoms with Gasteiger partial charge in [-0.25, -0.2) is 0 Å². The maximum Gasteiger partial charge on any atom is 0.140 e. The summed E-state index contributed by atoms with van der Waals surface area (Å²) in [5.74, 6) is 0.153. The molecule has 0 aliphatic carbocycles. The molecule has 3 aromatic carbocycles. The van der Waals surface area contributed by atoms with Gasteiger partial charge in [-0.3, -0.25) is 0 Å². The minimum absolute atomic E-state index is 0.153. The summed E-state index contributed by atoms with van der Waals surface area (Å²) in [6.07, 6.45) is 0. The van der Waals surface area contributed by atoms with Crippen LogP contribution in [-0.4, -0.2) is 5.11 Å². The van der Waals surface area contributed by atoms with E-state index in [1.54, 1.807) is 12.1 Å². The van der Waals surface area contributed by atoms with Crippen molar-refractivity contribution in [2.45, 2.75) is 13.0 Å². The highest BCUT2D eigenvalue weighted by molar-refractivity contribution is 5.87. The Morgan fingerprint density at radius 2 is 1.73 bits per heavy atom. The van der Waals surface area contributed by atoms with Gasteiger partial charge in [-0.2, -0.15) is 5.26 Å². The van der Waals surface area contributed by atoms with Crippen LogP contribution in [0.1, 0.15) is 17.2 Å². The molecule has 0 saturated heterocycles. The van der Waals surface area contributed by atoms with E-state index in [1.807, 2.05) is 55.5 Å². The molecule has 0 aliphatic rings. The Bertz CT molecular complexity index is 839. The number of aromatic hydroxyl groups is 1. The number of anilines is 1. The van der Waals surface area contributed by atoms with E-state index in [2.05, 4.69) is 11.4 Å². The second-order valence-corrected chi connectivity index (χ2v) is 5.24. The van der Waals surface area contributed by atoms with Crippen LogP contribution in [0.4, 0.5) is 5.69 Å². The van der Waals surface area contributed by atoms with Crippen molar-refractivity contribution in [3.63, 3.8) is 0 Å². The lowest BCUT2D eigenvalue weighted by Crippen LogP contribution is -2.10. The molecule has 0 amide bonds. The van der Waals surface area contributed by atoms with Crippen LogP contribution < -0.4 is 5.32 Å². The van der Waals surface area contributed by atoms with Gasteiger partial charge < -0.3 is 10.4 Å². The SMILES string of the molecule is Cc1cccc(O)c1N[C@@H](C#N)c1cccc2ccccc12. The number of aryl methyl sites for hydroxylation is 1. The van der Waals surface area contributed by atoms with Crippen LogP contribution in [0.25, 0.3) is 10.8 Å². The fourth-order valence-electron chi connectivity index (χ4n) is 2.67. The highest BCUT2D eigenvalue weighted by atomic mass is 16.3. The zero-order valence-electron chi connectivity index (χ0n) is 12.2. The summed E-state index contributed by atoms with van der Waals surface area (Å²) in [4.78, 5) is 0. The average Bonchev–Trinajstić information content (AvgIpc) is 2.54. The van der Waals surface area contributed by atoms with Crippen molar-refractivity contribution < 1.29 is 5.11 Å². The van der Waals surface area contributed by atoms with E-state index in [0.29, 0.717) is 5.69 Å². The van der Waals surface area contributed by atoms with E-state index in [1.165, 1.54) is 0 Å². The number of phenols is 1. The number of nitrogens with one attached hydrogen (secondary N) is 1. The molecule has 0 aliphatic heterocycles. The van der Waals surface area contributed by atoms with E-state index in [-0.39, 0.29) is 5.75 Å². The van der Waals surface area contributed by atoms with Crippen molar-refractivity contribution >= 4 is 16.5 Å². The molecule has 0 fully saturated rings. The van der Waals surface area contributed by atoms with Gasteiger partial charge in [0, 0.05) is 0 Å². The molecular formula is C19H16N2O. The third kappa shape index (κ3) is 2.47.